The van der Waals surface area contributed by atoms with Crippen LogP contribution in [0.15, 0.2) is 48.5 Å². The van der Waals surface area contributed by atoms with Gasteiger partial charge in [-0.2, -0.15) is 0 Å². The Kier molecular flexibility index (Phi) is 3.91. The summed E-state index contributed by atoms with van der Waals surface area (Å²) < 4.78 is 39.9. The first-order chi connectivity index (χ1) is 10.5. The van der Waals surface area contributed by atoms with E-state index in [1.54, 1.807) is 0 Å². The minimum atomic E-state index is -3.48. The summed E-state index contributed by atoms with van der Waals surface area (Å²) in [5.74, 6) is -0.123. The first-order valence-electron chi connectivity index (χ1n) is 7.31. The zero-order valence-electron chi connectivity index (χ0n) is 12.4. The average molecular weight is 319 g/mol. The van der Waals surface area contributed by atoms with E-state index >= 15 is 0 Å². The fraction of sp³-hybridized carbons (Fsp3) is 0.294. The fourth-order valence-corrected chi connectivity index (χ4v) is 4.50. The molecule has 1 unspecified atom stereocenters. The van der Waals surface area contributed by atoms with Gasteiger partial charge in [-0.25, -0.2) is 12.8 Å². The van der Waals surface area contributed by atoms with E-state index < -0.39 is 10.0 Å². The van der Waals surface area contributed by atoms with Crippen LogP contribution in [0.2, 0.25) is 0 Å². The highest BCUT2D eigenvalue weighted by Crippen LogP contribution is 2.36. The maximum absolute atomic E-state index is 13.0. The van der Waals surface area contributed by atoms with Crippen molar-refractivity contribution >= 4 is 15.7 Å². The first-order valence-corrected chi connectivity index (χ1v) is 8.92. The topological polar surface area (TPSA) is 37.4 Å². The highest BCUT2D eigenvalue weighted by atomic mass is 32.2. The van der Waals surface area contributed by atoms with E-state index in [0.29, 0.717) is 18.0 Å². The number of hydrogen-bond acceptors (Lipinski definition) is 2. The molecule has 116 valence electrons. The van der Waals surface area contributed by atoms with Crippen LogP contribution >= 0.6 is 0 Å². The van der Waals surface area contributed by atoms with E-state index in [0.717, 1.165) is 17.7 Å². The summed E-state index contributed by atoms with van der Waals surface area (Å²) in [5.41, 5.74) is 2.43. The number of fused-ring (bicyclic) bond motifs is 1. The molecule has 0 spiro atoms. The molecule has 3 rings (SSSR count). The standard InChI is InChI=1S/C17H18FNO2S/c1-13-10-11-19(17-5-3-2-4-16(13)17)22(20,21)12-14-6-8-15(18)9-7-14/h2-9,13H,10-12H2,1H3. The second-order valence-corrected chi connectivity index (χ2v) is 7.60. The molecular weight excluding hydrogens is 301 g/mol. The second-order valence-electron chi connectivity index (χ2n) is 5.70. The van der Waals surface area contributed by atoms with Gasteiger partial charge in [-0.05, 0) is 41.7 Å². The number of benzene rings is 2. The number of rotatable bonds is 3. The largest absolute Gasteiger partial charge is 0.270 e. The Hall–Kier alpha value is -1.88. The maximum Gasteiger partial charge on any atom is 0.239 e. The molecule has 1 aliphatic rings. The normalized spacial score (nSPS) is 18.1. The maximum atomic E-state index is 13.0. The van der Waals surface area contributed by atoms with Crippen LogP contribution in [0.4, 0.5) is 10.1 Å². The molecule has 2 aromatic rings. The molecule has 1 atom stereocenters. The van der Waals surface area contributed by atoms with Gasteiger partial charge in [-0.3, -0.25) is 4.31 Å². The predicted octanol–water partition coefficient (Wildman–Crippen LogP) is 3.67. The predicted molar refractivity (Wildman–Crippen MR) is 85.8 cm³/mol. The minimum Gasteiger partial charge on any atom is -0.270 e. The summed E-state index contributed by atoms with van der Waals surface area (Å²) in [4.78, 5) is 0. The molecule has 0 aromatic heterocycles. The Bertz CT molecular complexity index is 772. The second kappa shape index (κ2) is 5.72. The van der Waals surface area contributed by atoms with Crippen LogP contribution in [0, 0.1) is 5.82 Å². The van der Waals surface area contributed by atoms with Crippen molar-refractivity contribution in [3.8, 4) is 0 Å². The number of hydrogen-bond donors (Lipinski definition) is 0. The van der Waals surface area contributed by atoms with Gasteiger partial charge in [0.2, 0.25) is 10.0 Å². The van der Waals surface area contributed by atoms with E-state index in [-0.39, 0.29) is 11.6 Å². The lowest BCUT2D eigenvalue weighted by atomic mass is 9.93. The Labute approximate surface area is 130 Å². The van der Waals surface area contributed by atoms with E-state index in [1.807, 2.05) is 24.3 Å². The molecule has 0 fully saturated rings. The summed E-state index contributed by atoms with van der Waals surface area (Å²) >= 11 is 0. The molecular formula is C17H18FNO2S. The van der Waals surface area contributed by atoms with Gasteiger partial charge in [0.05, 0.1) is 11.4 Å². The summed E-state index contributed by atoms with van der Waals surface area (Å²) in [6, 6.07) is 13.3. The van der Waals surface area contributed by atoms with Gasteiger partial charge in [-0.15, -0.1) is 0 Å². The number of halogens is 1. The Balaban J connectivity index is 1.93. The van der Waals surface area contributed by atoms with Crippen LogP contribution in [0.5, 0.6) is 0 Å². The zero-order chi connectivity index (χ0) is 15.7. The highest BCUT2D eigenvalue weighted by Gasteiger charge is 2.30. The van der Waals surface area contributed by atoms with Crippen molar-refractivity contribution in [1.29, 1.82) is 0 Å². The van der Waals surface area contributed by atoms with Gasteiger partial charge in [0.25, 0.3) is 0 Å². The van der Waals surface area contributed by atoms with E-state index in [9.17, 15) is 12.8 Å². The molecule has 0 saturated heterocycles. The molecule has 22 heavy (non-hydrogen) atoms. The number of sulfonamides is 1. The van der Waals surface area contributed by atoms with Crippen LogP contribution in [0.3, 0.4) is 0 Å². The number of anilines is 1. The smallest absolute Gasteiger partial charge is 0.239 e. The van der Waals surface area contributed by atoms with Crippen molar-refractivity contribution in [1.82, 2.24) is 0 Å². The molecule has 0 bridgehead atoms. The average Bonchev–Trinajstić information content (AvgIpc) is 2.50. The number of nitrogens with zero attached hydrogens (tertiary/aromatic N) is 1. The summed E-state index contributed by atoms with van der Waals surface area (Å²) in [5, 5.41) is 0. The Morgan fingerprint density at radius 1 is 1.14 bits per heavy atom. The first kappa shape index (κ1) is 15.0. The summed E-state index contributed by atoms with van der Waals surface area (Å²) in [6.07, 6.45) is 0.805. The summed E-state index contributed by atoms with van der Waals surface area (Å²) in [7, 11) is -3.48. The van der Waals surface area contributed by atoms with Crippen molar-refractivity contribution in [3.63, 3.8) is 0 Å². The van der Waals surface area contributed by atoms with Gasteiger partial charge >= 0.3 is 0 Å². The molecule has 0 aliphatic carbocycles. The van der Waals surface area contributed by atoms with Gasteiger partial charge in [0, 0.05) is 6.54 Å². The quantitative estimate of drug-likeness (QED) is 0.865. The van der Waals surface area contributed by atoms with Crippen molar-refractivity contribution < 1.29 is 12.8 Å². The van der Waals surface area contributed by atoms with Crippen LogP contribution < -0.4 is 4.31 Å². The molecule has 3 nitrogen and oxygen atoms in total. The zero-order valence-corrected chi connectivity index (χ0v) is 13.2. The monoisotopic (exact) mass is 319 g/mol. The van der Waals surface area contributed by atoms with E-state index in [2.05, 4.69) is 6.92 Å². The Morgan fingerprint density at radius 2 is 1.82 bits per heavy atom. The van der Waals surface area contributed by atoms with Crippen LogP contribution in [0.1, 0.15) is 30.4 Å². The fourth-order valence-electron chi connectivity index (χ4n) is 2.88. The third-order valence-corrected chi connectivity index (χ3v) is 5.85. The third-order valence-electron chi connectivity index (χ3n) is 4.10. The van der Waals surface area contributed by atoms with Crippen molar-refractivity contribution in [2.75, 3.05) is 10.8 Å². The van der Waals surface area contributed by atoms with Gasteiger partial charge in [-0.1, -0.05) is 37.3 Å². The molecule has 1 heterocycles. The molecule has 0 N–H and O–H groups in total. The SMILES string of the molecule is CC1CCN(S(=O)(=O)Cc2ccc(F)cc2)c2ccccc21. The summed E-state index contributed by atoms with van der Waals surface area (Å²) in [6.45, 7) is 2.60. The van der Waals surface area contributed by atoms with Crippen LogP contribution in [-0.2, 0) is 15.8 Å². The van der Waals surface area contributed by atoms with Crippen molar-refractivity contribution in [3.05, 3.63) is 65.5 Å². The molecule has 0 saturated carbocycles. The molecule has 1 aliphatic heterocycles. The van der Waals surface area contributed by atoms with Gasteiger partial charge < -0.3 is 0 Å². The lowest BCUT2D eigenvalue weighted by molar-refractivity contribution is 0.577. The van der Waals surface area contributed by atoms with E-state index in [4.69, 9.17) is 0 Å². The Morgan fingerprint density at radius 3 is 2.55 bits per heavy atom. The lowest BCUT2D eigenvalue weighted by Crippen LogP contribution is -2.37. The van der Waals surface area contributed by atoms with Crippen LogP contribution in [0.25, 0.3) is 0 Å². The van der Waals surface area contributed by atoms with Gasteiger partial charge in [0.15, 0.2) is 0 Å². The van der Waals surface area contributed by atoms with Crippen LogP contribution in [-0.4, -0.2) is 15.0 Å². The minimum absolute atomic E-state index is 0.115. The van der Waals surface area contributed by atoms with E-state index in [1.165, 1.54) is 28.6 Å². The lowest BCUT2D eigenvalue weighted by Gasteiger charge is -2.33. The third kappa shape index (κ3) is 2.86. The molecule has 0 radical (unpaired) electrons. The molecule has 2 aromatic carbocycles. The van der Waals surface area contributed by atoms with Gasteiger partial charge in [0.1, 0.15) is 5.82 Å². The molecule has 5 heteroatoms. The van der Waals surface area contributed by atoms with Crippen molar-refractivity contribution in [2.45, 2.75) is 25.0 Å². The van der Waals surface area contributed by atoms with Crippen molar-refractivity contribution in [2.24, 2.45) is 0 Å². The number of para-hydroxylation sites is 1. The molecule has 0 amide bonds. The highest BCUT2D eigenvalue weighted by molar-refractivity contribution is 7.92.